The normalized spacial score (nSPS) is 11.0. The van der Waals surface area contributed by atoms with E-state index in [1.165, 1.54) is 0 Å². The Kier molecular flexibility index (Phi) is 4.42. The van der Waals surface area contributed by atoms with Gasteiger partial charge in [0.1, 0.15) is 11.2 Å². The maximum absolute atomic E-state index is 12.7. The number of fused-ring (bicyclic) bond motifs is 2. The number of hydrogen-bond donors (Lipinski definition) is 1. The highest BCUT2D eigenvalue weighted by Crippen LogP contribution is 2.26. The third-order valence-corrected chi connectivity index (χ3v) is 4.85. The van der Waals surface area contributed by atoms with E-state index in [1.54, 1.807) is 30.3 Å². The van der Waals surface area contributed by atoms with Crippen LogP contribution in [0.5, 0.6) is 0 Å². The van der Waals surface area contributed by atoms with Gasteiger partial charge in [-0.3, -0.25) is 9.59 Å². The average Bonchev–Trinajstić information content (AvgIpc) is 2.64. The highest BCUT2D eigenvalue weighted by Gasteiger charge is 2.11. The summed E-state index contributed by atoms with van der Waals surface area (Å²) in [5.41, 5.74) is 3.10. The second kappa shape index (κ2) is 6.89. The molecule has 0 saturated heterocycles. The first-order valence-corrected chi connectivity index (χ1v) is 8.89. The van der Waals surface area contributed by atoms with Gasteiger partial charge in [-0.15, -0.1) is 0 Å². The molecule has 4 aromatic rings. The lowest BCUT2D eigenvalue weighted by Crippen LogP contribution is -2.14. The van der Waals surface area contributed by atoms with Gasteiger partial charge >= 0.3 is 0 Å². The van der Waals surface area contributed by atoms with E-state index < -0.39 is 0 Å². The minimum absolute atomic E-state index is 0.133. The molecule has 27 heavy (non-hydrogen) atoms. The van der Waals surface area contributed by atoms with Crippen molar-refractivity contribution in [2.24, 2.45) is 0 Å². The molecular formula is C22H16ClNO3. The van der Waals surface area contributed by atoms with Gasteiger partial charge in [-0.2, -0.15) is 0 Å². The molecule has 0 aliphatic rings. The summed E-state index contributed by atoms with van der Waals surface area (Å²) in [6.45, 7) is 1.85. The molecule has 1 aromatic heterocycles. The van der Waals surface area contributed by atoms with Crippen LogP contribution >= 0.6 is 11.6 Å². The minimum atomic E-state index is -0.143. The summed E-state index contributed by atoms with van der Waals surface area (Å²) in [7, 11) is 0. The summed E-state index contributed by atoms with van der Waals surface area (Å²) >= 11 is 6.13. The molecule has 4 rings (SSSR count). The molecule has 0 radical (unpaired) electrons. The largest absolute Gasteiger partial charge is 0.456 e. The minimum Gasteiger partial charge on any atom is -0.456 e. The number of carbonyl (C=O) groups is 1. The summed E-state index contributed by atoms with van der Waals surface area (Å²) in [5, 5.41) is 4.27. The summed E-state index contributed by atoms with van der Waals surface area (Å²) in [6.07, 6.45) is 0.276. The van der Waals surface area contributed by atoms with Crippen molar-refractivity contribution >= 4 is 45.1 Å². The molecule has 1 amide bonds. The van der Waals surface area contributed by atoms with Gasteiger partial charge in [0, 0.05) is 16.8 Å². The van der Waals surface area contributed by atoms with Gasteiger partial charge in [-0.1, -0.05) is 41.9 Å². The van der Waals surface area contributed by atoms with E-state index >= 15 is 0 Å². The van der Waals surface area contributed by atoms with Gasteiger partial charge in [-0.25, -0.2) is 0 Å². The Balaban J connectivity index is 1.69. The van der Waals surface area contributed by atoms with Gasteiger partial charge in [0.2, 0.25) is 11.3 Å². The zero-order valence-electron chi connectivity index (χ0n) is 14.6. The first-order valence-electron chi connectivity index (χ1n) is 8.52. The predicted octanol–water partition coefficient (Wildman–Crippen LogP) is 5.09. The van der Waals surface area contributed by atoms with Crippen molar-refractivity contribution in [1.82, 2.24) is 0 Å². The third-order valence-electron chi connectivity index (χ3n) is 4.44. The number of halogens is 1. The monoisotopic (exact) mass is 377 g/mol. The van der Waals surface area contributed by atoms with Crippen LogP contribution in [0, 0.1) is 6.92 Å². The molecule has 4 nitrogen and oxygen atoms in total. The topological polar surface area (TPSA) is 59.3 Å². The fourth-order valence-corrected chi connectivity index (χ4v) is 3.20. The van der Waals surface area contributed by atoms with Crippen molar-refractivity contribution in [3.05, 3.63) is 87.0 Å². The van der Waals surface area contributed by atoms with Crippen LogP contribution in [0.4, 0.5) is 5.69 Å². The van der Waals surface area contributed by atoms with Crippen LogP contribution in [-0.4, -0.2) is 5.91 Å². The van der Waals surface area contributed by atoms with Crippen molar-refractivity contribution < 1.29 is 9.21 Å². The molecule has 0 bridgehead atoms. The standard InChI is InChI=1S/C22H16ClNO3/c1-13-9-19-17(12-18(13)23)22(26)16-8-7-15(11-20(16)27-19)24-21(25)10-14-5-3-2-4-6-14/h2-9,11-12H,10H2,1H3,(H,24,25). The van der Waals surface area contributed by atoms with E-state index in [4.69, 9.17) is 16.0 Å². The van der Waals surface area contributed by atoms with Gasteiger partial charge in [0.15, 0.2) is 0 Å². The Labute approximate surface area is 160 Å². The Hall–Kier alpha value is -3.11. The smallest absolute Gasteiger partial charge is 0.228 e. The second-order valence-corrected chi connectivity index (χ2v) is 6.86. The molecule has 0 spiro atoms. The molecule has 1 N–H and O–H groups in total. The number of hydrogen-bond acceptors (Lipinski definition) is 3. The number of carbonyl (C=O) groups excluding carboxylic acids is 1. The molecule has 0 saturated carbocycles. The number of rotatable bonds is 3. The average molecular weight is 378 g/mol. The summed E-state index contributed by atoms with van der Waals surface area (Å²) in [5.74, 6) is -0.133. The number of aryl methyl sites for hydroxylation is 1. The van der Waals surface area contributed by atoms with Crippen LogP contribution in [0.2, 0.25) is 5.02 Å². The molecular weight excluding hydrogens is 362 g/mol. The molecule has 134 valence electrons. The molecule has 3 aromatic carbocycles. The zero-order chi connectivity index (χ0) is 19.0. The zero-order valence-corrected chi connectivity index (χ0v) is 15.3. The van der Waals surface area contributed by atoms with Crippen LogP contribution in [0.25, 0.3) is 21.9 Å². The lowest BCUT2D eigenvalue weighted by molar-refractivity contribution is -0.115. The van der Waals surface area contributed by atoms with E-state index in [2.05, 4.69) is 5.32 Å². The first kappa shape index (κ1) is 17.3. The van der Waals surface area contributed by atoms with Crippen LogP contribution in [0.3, 0.4) is 0 Å². The summed E-state index contributed by atoms with van der Waals surface area (Å²) < 4.78 is 5.89. The summed E-state index contributed by atoms with van der Waals surface area (Å²) in [6, 6.07) is 17.9. The van der Waals surface area contributed by atoms with E-state index in [0.717, 1.165) is 11.1 Å². The molecule has 0 atom stereocenters. The molecule has 1 heterocycles. The fraction of sp³-hybridized carbons (Fsp3) is 0.0909. The van der Waals surface area contributed by atoms with Gasteiger partial charge < -0.3 is 9.73 Å². The molecule has 0 unspecified atom stereocenters. The van der Waals surface area contributed by atoms with Crippen LogP contribution < -0.4 is 10.7 Å². The van der Waals surface area contributed by atoms with Gasteiger partial charge in [0.05, 0.1) is 17.2 Å². The van der Waals surface area contributed by atoms with Crippen molar-refractivity contribution in [3.63, 3.8) is 0 Å². The van der Waals surface area contributed by atoms with Crippen LogP contribution in [-0.2, 0) is 11.2 Å². The Bertz CT molecular complexity index is 1230. The lowest BCUT2D eigenvalue weighted by atomic mass is 10.1. The SMILES string of the molecule is Cc1cc2oc3cc(NC(=O)Cc4ccccc4)ccc3c(=O)c2cc1Cl. The van der Waals surface area contributed by atoms with Gasteiger partial charge in [0.25, 0.3) is 0 Å². The van der Waals surface area contributed by atoms with Gasteiger partial charge in [-0.05, 0) is 42.3 Å². The Morgan fingerprint density at radius 2 is 1.74 bits per heavy atom. The highest BCUT2D eigenvalue weighted by atomic mass is 35.5. The predicted molar refractivity (Wildman–Crippen MR) is 109 cm³/mol. The lowest BCUT2D eigenvalue weighted by Gasteiger charge is -2.08. The maximum Gasteiger partial charge on any atom is 0.228 e. The van der Waals surface area contributed by atoms with E-state index in [0.29, 0.717) is 32.6 Å². The summed E-state index contributed by atoms with van der Waals surface area (Å²) in [4.78, 5) is 25.0. The Morgan fingerprint density at radius 3 is 2.52 bits per heavy atom. The quantitative estimate of drug-likeness (QED) is 0.506. The van der Waals surface area contributed by atoms with Crippen LogP contribution in [0.1, 0.15) is 11.1 Å². The van der Waals surface area contributed by atoms with Crippen molar-refractivity contribution in [1.29, 1.82) is 0 Å². The van der Waals surface area contributed by atoms with E-state index in [1.807, 2.05) is 37.3 Å². The van der Waals surface area contributed by atoms with Crippen molar-refractivity contribution in [3.8, 4) is 0 Å². The third kappa shape index (κ3) is 3.44. The first-order chi connectivity index (χ1) is 13.0. The maximum atomic E-state index is 12.7. The number of nitrogens with one attached hydrogen (secondary N) is 1. The number of benzene rings is 3. The van der Waals surface area contributed by atoms with Crippen molar-refractivity contribution in [2.75, 3.05) is 5.32 Å². The van der Waals surface area contributed by atoms with Crippen molar-refractivity contribution in [2.45, 2.75) is 13.3 Å². The second-order valence-electron chi connectivity index (χ2n) is 6.45. The molecule has 5 heteroatoms. The molecule has 0 fully saturated rings. The number of anilines is 1. The number of amides is 1. The van der Waals surface area contributed by atoms with E-state index in [-0.39, 0.29) is 17.8 Å². The molecule has 0 aliphatic carbocycles. The molecule has 0 aliphatic heterocycles. The fourth-order valence-electron chi connectivity index (χ4n) is 3.04. The highest BCUT2D eigenvalue weighted by molar-refractivity contribution is 6.32. The van der Waals surface area contributed by atoms with Crippen LogP contribution in [0.15, 0.2) is 69.9 Å². The Morgan fingerprint density at radius 1 is 1.00 bits per heavy atom. The van der Waals surface area contributed by atoms with E-state index in [9.17, 15) is 9.59 Å².